The third kappa shape index (κ3) is 3.46. The summed E-state index contributed by atoms with van der Waals surface area (Å²) < 4.78 is 13.7. The molecular weight excluding hydrogens is 305 g/mol. The highest BCUT2D eigenvalue weighted by Gasteiger charge is 2.21. The van der Waals surface area contributed by atoms with Gasteiger partial charge in [0, 0.05) is 30.9 Å². The maximum Gasteiger partial charge on any atom is 0.143 e. The fraction of sp³-hybridized carbons (Fsp3) is 0.389. The predicted molar refractivity (Wildman–Crippen MR) is 91.4 cm³/mol. The molecule has 1 fully saturated rings. The molecule has 124 valence electrons. The first kappa shape index (κ1) is 16.2. The highest BCUT2D eigenvalue weighted by molar-refractivity contribution is 5.58. The molecule has 1 aromatic carbocycles. The van der Waals surface area contributed by atoms with Crippen LogP contribution >= 0.6 is 0 Å². The van der Waals surface area contributed by atoms with Crippen LogP contribution in [-0.4, -0.2) is 29.1 Å². The molecule has 0 aliphatic carbocycles. The fourth-order valence-corrected chi connectivity index (χ4v) is 2.98. The summed E-state index contributed by atoms with van der Waals surface area (Å²) in [5.74, 6) is 0.483. The summed E-state index contributed by atoms with van der Waals surface area (Å²) in [5.41, 5.74) is 1.70. The van der Waals surface area contributed by atoms with E-state index in [0.717, 1.165) is 43.9 Å². The lowest BCUT2D eigenvalue weighted by molar-refractivity contribution is 0.522. The Balaban J connectivity index is 1.63. The summed E-state index contributed by atoms with van der Waals surface area (Å²) in [7, 11) is 0. The largest absolute Gasteiger partial charge is 0.381 e. The molecule has 3 rings (SSSR count). The van der Waals surface area contributed by atoms with Gasteiger partial charge in [0.25, 0.3) is 0 Å². The molecule has 0 saturated carbocycles. The molecule has 0 unspecified atom stereocenters. The standard InChI is InChI=1S/C18H20FN5/c1-2-13-10-18(22-12-21-13)24-8-6-14(7-9-24)23-17-5-3-4-16(19)15(17)11-20/h3-5,10,12,14,23H,2,6-9H2,1H3. The predicted octanol–water partition coefficient (Wildman–Crippen LogP) is 3.13. The second-order valence-electron chi connectivity index (χ2n) is 5.90. The maximum absolute atomic E-state index is 13.7. The third-order valence-corrected chi connectivity index (χ3v) is 4.38. The van der Waals surface area contributed by atoms with Crippen molar-refractivity contribution < 1.29 is 4.39 Å². The Labute approximate surface area is 141 Å². The van der Waals surface area contributed by atoms with Gasteiger partial charge in [0.1, 0.15) is 29.6 Å². The van der Waals surface area contributed by atoms with E-state index in [2.05, 4.69) is 27.1 Å². The van der Waals surface area contributed by atoms with Gasteiger partial charge in [0.2, 0.25) is 0 Å². The molecular formula is C18H20FN5. The Morgan fingerprint density at radius 3 is 2.83 bits per heavy atom. The van der Waals surface area contributed by atoms with Gasteiger partial charge in [0.15, 0.2) is 0 Å². The van der Waals surface area contributed by atoms with Crippen LogP contribution < -0.4 is 10.2 Å². The van der Waals surface area contributed by atoms with Crippen LogP contribution in [0.2, 0.25) is 0 Å². The number of anilines is 2. The zero-order chi connectivity index (χ0) is 16.9. The normalized spacial score (nSPS) is 15.1. The van der Waals surface area contributed by atoms with Gasteiger partial charge in [-0.2, -0.15) is 5.26 Å². The quantitative estimate of drug-likeness (QED) is 0.935. The van der Waals surface area contributed by atoms with Crippen LogP contribution in [0.3, 0.4) is 0 Å². The van der Waals surface area contributed by atoms with E-state index in [4.69, 9.17) is 5.26 Å². The number of halogens is 1. The molecule has 1 aromatic heterocycles. The van der Waals surface area contributed by atoms with Gasteiger partial charge >= 0.3 is 0 Å². The minimum atomic E-state index is -0.479. The average Bonchev–Trinajstić information content (AvgIpc) is 2.63. The second-order valence-corrected chi connectivity index (χ2v) is 5.90. The van der Waals surface area contributed by atoms with Crippen molar-refractivity contribution in [1.82, 2.24) is 9.97 Å². The minimum absolute atomic E-state index is 0.0864. The van der Waals surface area contributed by atoms with Crippen molar-refractivity contribution in [1.29, 1.82) is 5.26 Å². The van der Waals surface area contributed by atoms with Crippen LogP contribution in [0.25, 0.3) is 0 Å². The summed E-state index contributed by atoms with van der Waals surface area (Å²) in [4.78, 5) is 10.8. The summed E-state index contributed by atoms with van der Waals surface area (Å²) >= 11 is 0. The molecule has 2 aromatic rings. The number of rotatable bonds is 4. The van der Waals surface area contributed by atoms with E-state index >= 15 is 0 Å². The Bertz CT molecular complexity index is 747. The Morgan fingerprint density at radius 1 is 1.33 bits per heavy atom. The van der Waals surface area contributed by atoms with Crippen molar-refractivity contribution in [3.63, 3.8) is 0 Å². The highest BCUT2D eigenvalue weighted by Crippen LogP contribution is 2.24. The summed E-state index contributed by atoms with van der Waals surface area (Å²) in [6.07, 6.45) is 4.33. The topological polar surface area (TPSA) is 64.8 Å². The fourth-order valence-electron chi connectivity index (χ4n) is 2.98. The molecule has 0 radical (unpaired) electrons. The molecule has 1 aliphatic rings. The van der Waals surface area contributed by atoms with Gasteiger partial charge in [-0.15, -0.1) is 0 Å². The van der Waals surface area contributed by atoms with Crippen LogP contribution in [0.5, 0.6) is 0 Å². The summed E-state index contributed by atoms with van der Waals surface area (Å²) in [6.45, 7) is 3.82. The summed E-state index contributed by atoms with van der Waals surface area (Å²) in [6, 6.07) is 8.89. The van der Waals surface area contributed by atoms with Gasteiger partial charge in [-0.25, -0.2) is 14.4 Å². The maximum atomic E-state index is 13.7. The molecule has 2 heterocycles. The van der Waals surface area contributed by atoms with E-state index in [1.165, 1.54) is 6.07 Å². The second kappa shape index (κ2) is 7.26. The molecule has 0 bridgehead atoms. The lowest BCUT2D eigenvalue weighted by Crippen LogP contribution is -2.39. The van der Waals surface area contributed by atoms with Crippen LogP contribution in [-0.2, 0) is 6.42 Å². The monoisotopic (exact) mass is 325 g/mol. The van der Waals surface area contributed by atoms with Gasteiger partial charge in [-0.05, 0) is 31.4 Å². The van der Waals surface area contributed by atoms with Crippen molar-refractivity contribution in [2.24, 2.45) is 0 Å². The van der Waals surface area contributed by atoms with Gasteiger partial charge < -0.3 is 10.2 Å². The highest BCUT2D eigenvalue weighted by atomic mass is 19.1. The number of nitrogens with zero attached hydrogens (tertiary/aromatic N) is 4. The van der Waals surface area contributed by atoms with Crippen molar-refractivity contribution >= 4 is 11.5 Å². The Hall–Kier alpha value is -2.68. The molecule has 0 amide bonds. The number of aryl methyl sites for hydroxylation is 1. The van der Waals surface area contributed by atoms with Crippen LogP contribution in [0.1, 0.15) is 31.0 Å². The molecule has 1 saturated heterocycles. The zero-order valence-corrected chi connectivity index (χ0v) is 13.7. The number of hydrogen-bond acceptors (Lipinski definition) is 5. The molecule has 1 N–H and O–H groups in total. The van der Waals surface area contributed by atoms with Crippen LogP contribution in [0, 0.1) is 17.1 Å². The van der Waals surface area contributed by atoms with Gasteiger partial charge in [0.05, 0.1) is 5.69 Å². The van der Waals surface area contributed by atoms with Crippen LogP contribution in [0.4, 0.5) is 15.9 Å². The van der Waals surface area contributed by atoms with E-state index in [1.807, 2.05) is 12.1 Å². The number of nitrogens with one attached hydrogen (secondary N) is 1. The Morgan fingerprint density at radius 2 is 2.12 bits per heavy atom. The van der Waals surface area contributed by atoms with Gasteiger partial charge in [-0.1, -0.05) is 13.0 Å². The van der Waals surface area contributed by atoms with E-state index in [1.54, 1.807) is 18.5 Å². The SMILES string of the molecule is CCc1cc(N2CCC(Nc3cccc(F)c3C#N)CC2)ncn1. The number of nitriles is 1. The lowest BCUT2D eigenvalue weighted by Gasteiger charge is -2.33. The summed E-state index contributed by atoms with van der Waals surface area (Å²) in [5, 5.41) is 12.4. The van der Waals surface area contributed by atoms with E-state index in [0.29, 0.717) is 5.69 Å². The van der Waals surface area contributed by atoms with Crippen molar-refractivity contribution in [3.05, 3.63) is 47.7 Å². The molecule has 24 heavy (non-hydrogen) atoms. The first-order valence-corrected chi connectivity index (χ1v) is 8.22. The van der Waals surface area contributed by atoms with E-state index < -0.39 is 5.82 Å². The smallest absolute Gasteiger partial charge is 0.143 e. The first-order valence-electron chi connectivity index (χ1n) is 8.22. The number of aromatic nitrogens is 2. The third-order valence-electron chi connectivity index (χ3n) is 4.38. The number of benzene rings is 1. The lowest BCUT2D eigenvalue weighted by atomic mass is 10.0. The molecule has 1 aliphatic heterocycles. The molecule has 6 heteroatoms. The molecule has 0 atom stereocenters. The molecule has 5 nitrogen and oxygen atoms in total. The van der Waals surface area contributed by atoms with E-state index in [9.17, 15) is 4.39 Å². The van der Waals surface area contributed by atoms with E-state index in [-0.39, 0.29) is 11.6 Å². The number of piperidine rings is 1. The van der Waals surface area contributed by atoms with Crippen LogP contribution in [0.15, 0.2) is 30.6 Å². The van der Waals surface area contributed by atoms with Crippen molar-refractivity contribution in [2.75, 3.05) is 23.3 Å². The first-order chi connectivity index (χ1) is 11.7. The average molecular weight is 325 g/mol. The molecule has 0 spiro atoms. The Kier molecular flexibility index (Phi) is 4.90. The zero-order valence-electron chi connectivity index (χ0n) is 13.7. The number of hydrogen-bond donors (Lipinski definition) is 1. The van der Waals surface area contributed by atoms with Crippen molar-refractivity contribution in [3.8, 4) is 6.07 Å². The minimum Gasteiger partial charge on any atom is -0.381 e. The van der Waals surface area contributed by atoms with Crippen molar-refractivity contribution in [2.45, 2.75) is 32.2 Å². The van der Waals surface area contributed by atoms with Gasteiger partial charge in [-0.3, -0.25) is 0 Å².